The second-order valence-electron chi connectivity index (χ2n) is 5.92. The van der Waals surface area contributed by atoms with Crippen LogP contribution in [0.4, 0.5) is 16.2 Å². The third kappa shape index (κ3) is 2.74. The number of nitrogens with one attached hydrogen (secondary N) is 1. The van der Waals surface area contributed by atoms with Crippen molar-refractivity contribution >= 4 is 17.4 Å². The van der Waals surface area contributed by atoms with E-state index < -0.39 is 0 Å². The van der Waals surface area contributed by atoms with E-state index in [-0.39, 0.29) is 6.03 Å². The summed E-state index contributed by atoms with van der Waals surface area (Å²) >= 11 is 0. The van der Waals surface area contributed by atoms with Gasteiger partial charge in [0.1, 0.15) is 0 Å². The minimum atomic E-state index is -0.347. The first kappa shape index (κ1) is 13.3. The van der Waals surface area contributed by atoms with Crippen LogP contribution >= 0.6 is 0 Å². The number of hydrogen-bond acceptors (Lipinski definition) is 2. The molecule has 0 radical (unpaired) electrons. The molecule has 4 heteroatoms. The number of carbonyl (C=O) groups excluding carboxylic acids is 1. The van der Waals surface area contributed by atoms with Crippen molar-refractivity contribution in [3.05, 3.63) is 23.8 Å². The number of nitrogens with zero attached hydrogens (tertiary/aromatic N) is 1. The Bertz CT molecular complexity index is 494. The molecule has 2 aliphatic rings. The maximum atomic E-state index is 11.5. The molecule has 4 nitrogen and oxygen atoms in total. The smallest absolute Gasteiger partial charge is 0.319 e. The minimum absolute atomic E-state index is 0.347. The molecule has 1 aliphatic carbocycles. The van der Waals surface area contributed by atoms with Gasteiger partial charge in [-0.3, -0.25) is 4.90 Å². The summed E-state index contributed by atoms with van der Waals surface area (Å²) < 4.78 is 0. The summed E-state index contributed by atoms with van der Waals surface area (Å²) in [6, 6.07) is 6.59. The Morgan fingerprint density at radius 2 is 2.00 bits per heavy atom. The van der Waals surface area contributed by atoms with Crippen LogP contribution in [0.25, 0.3) is 0 Å². The van der Waals surface area contributed by atoms with Crippen LogP contribution in [0.2, 0.25) is 0 Å². The van der Waals surface area contributed by atoms with E-state index in [0.717, 1.165) is 30.8 Å². The van der Waals surface area contributed by atoms with E-state index in [4.69, 9.17) is 5.73 Å². The van der Waals surface area contributed by atoms with E-state index in [0.29, 0.717) is 6.04 Å². The summed E-state index contributed by atoms with van der Waals surface area (Å²) in [6.07, 6.45) is 8.51. The number of carbonyl (C=O) groups is 1. The molecule has 0 aromatic heterocycles. The molecule has 1 aliphatic heterocycles. The number of nitrogens with two attached hydrogens (primary N) is 1. The normalized spacial score (nSPS) is 19.5. The molecule has 108 valence electrons. The molecule has 2 amide bonds. The molecule has 1 heterocycles. The lowest BCUT2D eigenvalue weighted by atomic mass is 9.95. The van der Waals surface area contributed by atoms with Crippen molar-refractivity contribution in [2.75, 3.05) is 16.8 Å². The zero-order valence-corrected chi connectivity index (χ0v) is 11.9. The first-order valence-corrected chi connectivity index (χ1v) is 7.70. The number of benzene rings is 1. The Hall–Kier alpha value is -1.71. The van der Waals surface area contributed by atoms with Crippen molar-refractivity contribution in [2.24, 2.45) is 5.73 Å². The monoisotopic (exact) mass is 273 g/mol. The summed E-state index contributed by atoms with van der Waals surface area (Å²) in [5.74, 6) is 0. The summed E-state index contributed by atoms with van der Waals surface area (Å²) in [6.45, 7) is 0.731. The zero-order valence-electron chi connectivity index (χ0n) is 11.9. The second kappa shape index (κ2) is 5.73. The van der Waals surface area contributed by atoms with Gasteiger partial charge in [-0.25, -0.2) is 4.79 Å². The van der Waals surface area contributed by atoms with Gasteiger partial charge in [0.25, 0.3) is 0 Å². The largest absolute Gasteiger partial charge is 0.382 e. The van der Waals surface area contributed by atoms with Gasteiger partial charge in [0.05, 0.1) is 5.69 Å². The average molecular weight is 273 g/mol. The number of urea groups is 1. The van der Waals surface area contributed by atoms with Gasteiger partial charge in [-0.15, -0.1) is 0 Å². The number of fused-ring (bicyclic) bond motifs is 1. The summed E-state index contributed by atoms with van der Waals surface area (Å²) in [7, 11) is 0. The lowest BCUT2D eigenvalue weighted by Gasteiger charge is -2.29. The first-order chi connectivity index (χ1) is 9.74. The number of rotatable bonds is 2. The molecule has 1 aromatic carbocycles. The number of aryl methyl sites for hydroxylation is 1. The van der Waals surface area contributed by atoms with Crippen molar-refractivity contribution in [2.45, 2.75) is 51.0 Å². The highest BCUT2D eigenvalue weighted by Gasteiger charge is 2.21. The van der Waals surface area contributed by atoms with Gasteiger partial charge in [-0.1, -0.05) is 25.3 Å². The van der Waals surface area contributed by atoms with Crippen LogP contribution in [-0.4, -0.2) is 18.6 Å². The molecular weight excluding hydrogens is 250 g/mol. The SMILES string of the molecule is NC(=O)N1CCCc2ccc(NC3CCCCC3)cc21. The number of amides is 2. The molecule has 0 unspecified atom stereocenters. The fourth-order valence-electron chi connectivity index (χ4n) is 3.38. The molecule has 0 atom stereocenters. The first-order valence-electron chi connectivity index (χ1n) is 7.70. The van der Waals surface area contributed by atoms with Crippen molar-refractivity contribution in [3.8, 4) is 0 Å². The van der Waals surface area contributed by atoms with Gasteiger partial charge < -0.3 is 11.1 Å². The highest BCUT2D eigenvalue weighted by atomic mass is 16.2. The predicted molar refractivity (Wildman–Crippen MR) is 82.2 cm³/mol. The standard InChI is InChI=1S/C16H23N3O/c17-16(20)19-10-4-5-12-8-9-14(11-15(12)19)18-13-6-2-1-3-7-13/h8-9,11,13,18H,1-7,10H2,(H2,17,20). The molecule has 0 saturated heterocycles. The van der Waals surface area contributed by atoms with Crippen LogP contribution < -0.4 is 16.0 Å². The van der Waals surface area contributed by atoms with E-state index in [1.807, 2.05) is 0 Å². The number of hydrogen-bond donors (Lipinski definition) is 2. The van der Waals surface area contributed by atoms with Crippen LogP contribution in [0.5, 0.6) is 0 Å². The van der Waals surface area contributed by atoms with Gasteiger partial charge in [0.15, 0.2) is 0 Å². The topological polar surface area (TPSA) is 58.4 Å². The molecule has 3 N–H and O–H groups in total. The molecule has 0 bridgehead atoms. The molecule has 20 heavy (non-hydrogen) atoms. The summed E-state index contributed by atoms with van der Waals surface area (Å²) in [5, 5.41) is 3.61. The van der Waals surface area contributed by atoms with E-state index in [1.54, 1.807) is 4.90 Å². The van der Waals surface area contributed by atoms with E-state index in [9.17, 15) is 4.79 Å². The summed E-state index contributed by atoms with van der Waals surface area (Å²) in [4.78, 5) is 13.2. The van der Waals surface area contributed by atoms with Gasteiger partial charge in [0, 0.05) is 18.3 Å². The Kier molecular flexibility index (Phi) is 3.81. The van der Waals surface area contributed by atoms with Crippen LogP contribution in [-0.2, 0) is 6.42 Å². The lowest BCUT2D eigenvalue weighted by Crippen LogP contribution is -2.39. The highest BCUT2D eigenvalue weighted by molar-refractivity contribution is 5.92. The van der Waals surface area contributed by atoms with Crippen molar-refractivity contribution in [1.29, 1.82) is 0 Å². The predicted octanol–water partition coefficient (Wildman–Crippen LogP) is 3.26. The molecule has 1 fully saturated rings. The molecule has 1 saturated carbocycles. The zero-order chi connectivity index (χ0) is 13.9. The lowest BCUT2D eigenvalue weighted by molar-refractivity contribution is 0.253. The van der Waals surface area contributed by atoms with Gasteiger partial charge in [0.2, 0.25) is 0 Å². The maximum absolute atomic E-state index is 11.5. The second-order valence-corrected chi connectivity index (χ2v) is 5.92. The van der Waals surface area contributed by atoms with E-state index in [2.05, 4.69) is 23.5 Å². The fraction of sp³-hybridized carbons (Fsp3) is 0.562. The van der Waals surface area contributed by atoms with Gasteiger partial charge in [-0.2, -0.15) is 0 Å². The average Bonchev–Trinajstić information content (AvgIpc) is 2.47. The van der Waals surface area contributed by atoms with Gasteiger partial charge >= 0.3 is 6.03 Å². The molecule has 3 rings (SSSR count). The van der Waals surface area contributed by atoms with E-state index in [1.165, 1.54) is 37.7 Å². The van der Waals surface area contributed by atoms with Crippen molar-refractivity contribution in [1.82, 2.24) is 0 Å². The quantitative estimate of drug-likeness (QED) is 0.869. The molecular formula is C16H23N3O. The third-order valence-electron chi connectivity index (χ3n) is 4.45. The van der Waals surface area contributed by atoms with Crippen molar-refractivity contribution in [3.63, 3.8) is 0 Å². The van der Waals surface area contributed by atoms with Crippen LogP contribution in [0.15, 0.2) is 18.2 Å². The Labute approximate surface area is 120 Å². The number of primary amides is 1. The van der Waals surface area contributed by atoms with Crippen LogP contribution in [0.3, 0.4) is 0 Å². The van der Waals surface area contributed by atoms with Crippen molar-refractivity contribution < 1.29 is 4.79 Å². The number of anilines is 2. The van der Waals surface area contributed by atoms with E-state index >= 15 is 0 Å². The maximum Gasteiger partial charge on any atom is 0.319 e. The fourth-order valence-corrected chi connectivity index (χ4v) is 3.38. The Balaban J connectivity index is 1.79. The molecule has 0 spiro atoms. The molecule has 1 aromatic rings. The summed E-state index contributed by atoms with van der Waals surface area (Å²) in [5.41, 5.74) is 8.81. The highest BCUT2D eigenvalue weighted by Crippen LogP contribution is 2.31. The third-order valence-corrected chi connectivity index (χ3v) is 4.45. The van der Waals surface area contributed by atoms with Gasteiger partial charge in [-0.05, 0) is 43.4 Å². The minimum Gasteiger partial charge on any atom is -0.382 e. The van der Waals surface area contributed by atoms with Crippen LogP contribution in [0.1, 0.15) is 44.1 Å². The Morgan fingerprint density at radius 1 is 1.20 bits per heavy atom. The Morgan fingerprint density at radius 3 is 2.75 bits per heavy atom. The van der Waals surface area contributed by atoms with Crippen LogP contribution in [0, 0.1) is 0 Å².